The highest BCUT2D eigenvalue weighted by Crippen LogP contribution is 2.21. The Kier molecular flexibility index (Phi) is 3.67. The third kappa shape index (κ3) is 2.76. The Hall–Kier alpha value is -0.860. The van der Waals surface area contributed by atoms with Crippen molar-refractivity contribution < 1.29 is 0 Å². The molecule has 0 bridgehead atoms. The molecule has 2 heteroatoms. The Morgan fingerprint density at radius 2 is 2.06 bits per heavy atom. The minimum absolute atomic E-state index is 0.700. The molecule has 2 atom stereocenters. The molecule has 0 aromatic heterocycles. The normalized spacial score (nSPS) is 28.3. The Bertz CT molecular complexity index is 402. The van der Waals surface area contributed by atoms with E-state index in [9.17, 15) is 0 Å². The summed E-state index contributed by atoms with van der Waals surface area (Å²) in [4.78, 5) is 2.45. The number of nitrogens with one attached hydrogen (secondary N) is 1. The molecule has 1 heterocycles. The van der Waals surface area contributed by atoms with Gasteiger partial charge < -0.3 is 10.2 Å². The predicted molar refractivity (Wildman–Crippen MR) is 75.9 cm³/mol. The van der Waals surface area contributed by atoms with Gasteiger partial charge in [-0.25, -0.2) is 0 Å². The van der Waals surface area contributed by atoms with Gasteiger partial charge in [0.25, 0.3) is 0 Å². The summed E-state index contributed by atoms with van der Waals surface area (Å²) in [6, 6.07) is 9.63. The van der Waals surface area contributed by atoms with Crippen LogP contribution in [0.5, 0.6) is 0 Å². The van der Waals surface area contributed by atoms with E-state index in [0.29, 0.717) is 6.04 Å². The maximum atomic E-state index is 3.80. The number of hydrogen-bond donors (Lipinski definition) is 1. The first-order valence-corrected chi connectivity index (χ1v) is 7.30. The van der Waals surface area contributed by atoms with Gasteiger partial charge in [0.05, 0.1) is 0 Å². The van der Waals surface area contributed by atoms with Crippen molar-refractivity contribution in [2.75, 3.05) is 26.7 Å². The second kappa shape index (κ2) is 5.41. The second-order valence-corrected chi connectivity index (χ2v) is 6.03. The van der Waals surface area contributed by atoms with E-state index >= 15 is 0 Å². The van der Waals surface area contributed by atoms with E-state index in [0.717, 1.165) is 5.92 Å². The van der Waals surface area contributed by atoms with E-state index in [1.165, 1.54) is 45.3 Å². The zero-order valence-corrected chi connectivity index (χ0v) is 11.4. The van der Waals surface area contributed by atoms with Crippen LogP contribution in [0.1, 0.15) is 24.0 Å². The molecular formula is C16H24N2. The number of nitrogens with zero attached hydrogens (tertiary/aromatic N) is 1. The summed E-state index contributed by atoms with van der Waals surface area (Å²) in [5, 5.41) is 3.80. The summed E-state index contributed by atoms with van der Waals surface area (Å²) in [5.74, 6) is 0.868. The highest BCUT2D eigenvalue weighted by Gasteiger charge is 2.22. The lowest BCUT2D eigenvalue weighted by molar-refractivity contribution is 0.369. The topological polar surface area (TPSA) is 15.3 Å². The van der Waals surface area contributed by atoms with Gasteiger partial charge in [0.1, 0.15) is 0 Å². The molecule has 1 saturated heterocycles. The molecule has 0 amide bonds. The van der Waals surface area contributed by atoms with E-state index in [4.69, 9.17) is 0 Å². The molecule has 2 aliphatic rings. The first-order chi connectivity index (χ1) is 8.81. The highest BCUT2D eigenvalue weighted by atomic mass is 15.1. The molecule has 1 aromatic rings. The molecule has 1 aliphatic carbocycles. The van der Waals surface area contributed by atoms with Gasteiger partial charge in [-0.1, -0.05) is 24.3 Å². The maximum Gasteiger partial charge on any atom is 0.0111 e. The molecule has 98 valence electrons. The molecule has 3 rings (SSSR count). The number of rotatable bonds is 3. The third-order valence-electron chi connectivity index (χ3n) is 4.53. The quantitative estimate of drug-likeness (QED) is 0.876. The summed E-state index contributed by atoms with van der Waals surface area (Å²) < 4.78 is 0. The molecule has 1 aromatic carbocycles. The molecule has 1 N–H and O–H groups in total. The van der Waals surface area contributed by atoms with Crippen molar-refractivity contribution >= 4 is 0 Å². The minimum atomic E-state index is 0.700. The Labute approximate surface area is 110 Å². The lowest BCUT2D eigenvalue weighted by Crippen LogP contribution is -2.38. The number of aryl methyl sites for hydroxylation is 1. The zero-order valence-electron chi connectivity index (χ0n) is 11.4. The molecule has 0 spiro atoms. The van der Waals surface area contributed by atoms with Crippen LogP contribution in [0.15, 0.2) is 24.3 Å². The number of likely N-dealkylation sites (tertiary alicyclic amines) is 1. The fraction of sp³-hybridized carbons (Fsp3) is 0.625. The Morgan fingerprint density at radius 1 is 1.22 bits per heavy atom. The van der Waals surface area contributed by atoms with Gasteiger partial charge in [0.15, 0.2) is 0 Å². The van der Waals surface area contributed by atoms with Crippen molar-refractivity contribution in [3.05, 3.63) is 35.4 Å². The first-order valence-electron chi connectivity index (χ1n) is 7.30. The fourth-order valence-corrected chi connectivity index (χ4v) is 3.40. The maximum absolute atomic E-state index is 3.80. The van der Waals surface area contributed by atoms with Gasteiger partial charge in [0.2, 0.25) is 0 Å². The summed E-state index contributed by atoms with van der Waals surface area (Å²) >= 11 is 0. The van der Waals surface area contributed by atoms with Crippen molar-refractivity contribution in [2.45, 2.75) is 31.7 Å². The SMILES string of the molecule is CN1CCC(CNC2CCc3ccccc3C2)C1. The van der Waals surface area contributed by atoms with Gasteiger partial charge in [0, 0.05) is 12.6 Å². The van der Waals surface area contributed by atoms with Crippen LogP contribution in [0.2, 0.25) is 0 Å². The molecular weight excluding hydrogens is 220 g/mol. The largest absolute Gasteiger partial charge is 0.313 e. The van der Waals surface area contributed by atoms with Crippen LogP contribution in [-0.4, -0.2) is 37.6 Å². The van der Waals surface area contributed by atoms with Crippen molar-refractivity contribution in [2.24, 2.45) is 5.92 Å². The van der Waals surface area contributed by atoms with E-state index < -0.39 is 0 Å². The van der Waals surface area contributed by atoms with Crippen LogP contribution < -0.4 is 5.32 Å². The van der Waals surface area contributed by atoms with Gasteiger partial charge in [-0.2, -0.15) is 0 Å². The van der Waals surface area contributed by atoms with Crippen LogP contribution in [0.4, 0.5) is 0 Å². The first kappa shape index (κ1) is 12.2. The van der Waals surface area contributed by atoms with Gasteiger partial charge in [-0.15, -0.1) is 0 Å². The van der Waals surface area contributed by atoms with Crippen LogP contribution >= 0.6 is 0 Å². The van der Waals surface area contributed by atoms with Crippen molar-refractivity contribution in [1.82, 2.24) is 10.2 Å². The summed E-state index contributed by atoms with van der Waals surface area (Å²) in [6.07, 6.45) is 5.14. The Balaban J connectivity index is 1.51. The standard InChI is InChI=1S/C16H24N2/c1-18-9-8-13(12-18)11-17-16-7-6-14-4-2-3-5-15(14)10-16/h2-5,13,16-17H,6-12H2,1H3. The van der Waals surface area contributed by atoms with Crippen molar-refractivity contribution in [3.63, 3.8) is 0 Å². The molecule has 1 aliphatic heterocycles. The third-order valence-corrected chi connectivity index (χ3v) is 4.53. The summed E-state index contributed by atoms with van der Waals surface area (Å²) in [5.41, 5.74) is 3.13. The zero-order chi connectivity index (χ0) is 12.4. The summed E-state index contributed by atoms with van der Waals surface area (Å²) in [7, 11) is 2.23. The van der Waals surface area contributed by atoms with E-state index in [1.54, 1.807) is 11.1 Å². The van der Waals surface area contributed by atoms with Crippen LogP contribution in [0, 0.1) is 5.92 Å². The second-order valence-electron chi connectivity index (χ2n) is 6.03. The highest BCUT2D eigenvalue weighted by molar-refractivity contribution is 5.30. The Morgan fingerprint density at radius 3 is 2.83 bits per heavy atom. The van der Waals surface area contributed by atoms with E-state index in [1.807, 2.05) is 0 Å². The fourth-order valence-electron chi connectivity index (χ4n) is 3.40. The molecule has 0 saturated carbocycles. The van der Waals surface area contributed by atoms with E-state index in [-0.39, 0.29) is 0 Å². The molecule has 2 unspecified atom stereocenters. The van der Waals surface area contributed by atoms with Gasteiger partial charge >= 0.3 is 0 Å². The van der Waals surface area contributed by atoms with Crippen LogP contribution in [-0.2, 0) is 12.8 Å². The summed E-state index contributed by atoms with van der Waals surface area (Å²) in [6.45, 7) is 3.76. The van der Waals surface area contributed by atoms with Crippen LogP contribution in [0.25, 0.3) is 0 Å². The molecule has 2 nitrogen and oxygen atoms in total. The molecule has 0 radical (unpaired) electrons. The van der Waals surface area contributed by atoms with Crippen LogP contribution in [0.3, 0.4) is 0 Å². The smallest absolute Gasteiger partial charge is 0.0111 e. The average Bonchev–Trinajstić information content (AvgIpc) is 2.82. The minimum Gasteiger partial charge on any atom is -0.313 e. The van der Waals surface area contributed by atoms with Gasteiger partial charge in [-0.05, 0) is 62.9 Å². The predicted octanol–water partition coefficient (Wildman–Crippen LogP) is 2.09. The molecule has 1 fully saturated rings. The lowest BCUT2D eigenvalue weighted by atomic mass is 9.88. The molecule has 18 heavy (non-hydrogen) atoms. The number of hydrogen-bond acceptors (Lipinski definition) is 2. The van der Waals surface area contributed by atoms with Gasteiger partial charge in [-0.3, -0.25) is 0 Å². The lowest BCUT2D eigenvalue weighted by Gasteiger charge is -2.26. The van der Waals surface area contributed by atoms with E-state index in [2.05, 4.69) is 41.5 Å². The number of fused-ring (bicyclic) bond motifs is 1. The number of benzene rings is 1. The average molecular weight is 244 g/mol. The monoisotopic (exact) mass is 244 g/mol. The van der Waals surface area contributed by atoms with Crippen molar-refractivity contribution in [3.8, 4) is 0 Å². The van der Waals surface area contributed by atoms with Crippen molar-refractivity contribution in [1.29, 1.82) is 0 Å².